The fourth-order valence-electron chi connectivity index (χ4n) is 2.99. The minimum absolute atomic E-state index is 0.0512. The molecule has 3 aromatic rings. The molecule has 0 saturated heterocycles. The molecule has 0 fully saturated rings. The Kier molecular flexibility index (Phi) is 6.89. The van der Waals surface area contributed by atoms with Crippen molar-refractivity contribution in [3.05, 3.63) is 83.9 Å². The largest absolute Gasteiger partial charge is 0.395 e. The summed E-state index contributed by atoms with van der Waals surface area (Å²) in [5.41, 5.74) is 2.06. The Morgan fingerprint density at radius 2 is 1.93 bits per heavy atom. The molecule has 1 heterocycles. The van der Waals surface area contributed by atoms with Gasteiger partial charge in [-0.25, -0.2) is 4.98 Å². The number of hydrogen-bond acceptors (Lipinski definition) is 5. The quantitative estimate of drug-likeness (QED) is 0.483. The number of imidazole rings is 1. The molecule has 3 N–H and O–H groups in total. The van der Waals surface area contributed by atoms with Crippen LogP contribution in [0.2, 0.25) is 0 Å². The second-order valence-corrected chi connectivity index (χ2v) is 6.77. The Morgan fingerprint density at radius 3 is 2.62 bits per heavy atom. The number of rotatable bonds is 9. The minimum Gasteiger partial charge on any atom is -0.395 e. The fourth-order valence-corrected chi connectivity index (χ4v) is 2.99. The number of aromatic nitrogens is 2. The normalized spacial score (nSPS) is 11.8. The summed E-state index contributed by atoms with van der Waals surface area (Å²) in [5, 5.41) is 15.4. The van der Waals surface area contributed by atoms with E-state index in [-0.39, 0.29) is 30.9 Å². The van der Waals surface area contributed by atoms with Crippen molar-refractivity contribution >= 4 is 17.4 Å². The molecule has 29 heavy (non-hydrogen) atoms. The standard InChI is InChI=1S/C22H24N4O3/c1-26-11-10-23-22(26)21(29)17-8-5-9-18(13-17)25-20(28)14-24-19(15-27)12-16-6-3-2-4-7-16/h2-11,13,19,24,27H,12,14-15H2,1H3,(H,25,28). The van der Waals surface area contributed by atoms with Crippen LogP contribution in [0.4, 0.5) is 5.69 Å². The third-order valence-corrected chi connectivity index (χ3v) is 4.53. The molecule has 0 aliphatic heterocycles. The van der Waals surface area contributed by atoms with Crippen LogP contribution in [0.5, 0.6) is 0 Å². The second kappa shape index (κ2) is 9.77. The van der Waals surface area contributed by atoms with E-state index in [1.54, 1.807) is 48.3 Å². The van der Waals surface area contributed by atoms with Gasteiger partial charge in [-0.15, -0.1) is 0 Å². The number of aliphatic hydroxyl groups is 1. The lowest BCUT2D eigenvalue weighted by atomic mass is 10.1. The smallest absolute Gasteiger partial charge is 0.238 e. The molecule has 0 bridgehead atoms. The van der Waals surface area contributed by atoms with E-state index in [4.69, 9.17) is 0 Å². The molecule has 0 radical (unpaired) electrons. The third kappa shape index (κ3) is 5.60. The van der Waals surface area contributed by atoms with Gasteiger partial charge in [0.2, 0.25) is 11.7 Å². The molecule has 1 aromatic heterocycles. The molecule has 150 valence electrons. The van der Waals surface area contributed by atoms with Gasteiger partial charge in [0.15, 0.2) is 5.82 Å². The Hall–Kier alpha value is -3.29. The van der Waals surface area contributed by atoms with Crippen LogP contribution in [-0.2, 0) is 18.3 Å². The predicted octanol–water partition coefficient (Wildman–Crippen LogP) is 1.78. The van der Waals surface area contributed by atoms with E-state index >= 15 is 0 Å². The summed E-state index contributed by atoms with van der Waals surface area (Å²) >= 11 is 0. The van der Waals surface area contributed by atoms with Gasteiger partial charge in [-0.1, -0.05) is 42.5 Å². The molecule has 0 aliphatic rings. The van der Waals surface area contributed by atoms with Crippen molar-refractivity contribution in [1.29, 1.82) is 0 Å². The van der Waals surface area contributed by atoms with E-state index in [0.717, 1.165) is 5.56 Å². The molecular formula is C22H24N4O3. The highest BCUT2D eigenvalue weighted by molar-refractivity contribution is 6.07. The minimum atomic E-state index is -0.252. The van der Waals surface area contributed by atoms with Crippen LogP contribution in [0.3, 0.4) is 0 Å². The van der Waals surface area contributed by atoms with Gasteiger partial charge < -0.3 is 20.3 Å². The van der Waals surface area contributed by atoms with Crippen LogP contribution in [0.1, 0.15) is 21.7 Å². The zero-order chi connectivity index (χ0) is 20.6. The SMILES string of the molecule is Cn1ccnc1C(=O)c1cccc(NC(=O)CNC(CO)Cc2ccccc2)c1. The Bertz CT molecular complexity index is 969. The summed E-state index contributed by atoms with van der Waals surface area (Å²) in [5.74, 6) is -0.130. The Morgan fingerprint density at radius 1 is 1.14 bits per heavy atom. The highest BCUT2D eigenvalue weighted by atomic mass is 16.3. The zero-order valence-electron chi connectivity index (χ0n) is 16.2. The molecule has 2 aromatic carbocycles. The average Bonchev–Trinajstić information content (AvgIpc) is 3.17. The average molecular weight is 392 g/mol. The van der Waals surface area contributed by atoms with Crippen molar-refractivity contribution in [2.24, 2.45) is 7.05 Å². The number of amides is 1. The number of benzene rings is 2. The van der Waals surface area contributed by atoms with Crippen LogP contribution in [-0.4, -0.2) is 45.5 Å². The number of aryl methyl sites for hydroxylation is 1. The zero-order valence-corrected chi connectivity index (χ0v) is 16.2. The number of aliphatic hydroxyl groups excluding tert-OH is 1. The maximum atomic E-state index is 12.6. The molecule has 0 saturated carbocycles. The Balaban J connectivity index is 1.56. The number of carbonyl (C=O) groups is 2. The molecule has 7 heteroatoms. The first-order valence-electron chi connectivity index (χ1n) is 9.37. The lowest BCUT2D eigenvalue weighted by molar-refractivity contribution is -0.115. The topological polar surface area (TPSA) is 96.2 Å². The Labute approximate surface area is 169 Å². The first-order valence-corrected chi connectivity index (χ1v) is 9.37. The number of anilines is 1. The van der Waals surface area contributed by atoms with Crippen molar-refractivity contribution in [2.45, 2.75) is 12.5 Å². The molecule has 0 spiro atoms. The third-order valence-electron chi connectivity index (χ3n) is 4.53. The monoisotopic (exact) mass is 392 g/mol. The van der Waals surface area contributed by atoms with E-state index in [1.165, 1.54) is 0 Å². The van der Waals surface area contributed by atoms with Crippen LogP contribution in [0.15, 0.2) is 67.0 Å². The van der Waals surface area contributed by atoms with Crippen LogP contribution in [0, 0.1) is 0 Å². The molecular weight excluding hydrogens is 368 g/mol. The maximum absolute atomic E-state index is 12.6. The van der Waals surface area contributed by atoms with Gasteiger partial charge in [-0.2, -0.15) is 0 Å². The maximum Gasteiger partial charge on any atom is 0.238 e. The van der Waals surface area contributed by atoms with Gasteiger partial charge in [0.1, 0.15) is 0 Å². The molecule has 1 unspecified atom stereocenters. The van der Waals surface area contributed by atoms with Gasteiger partial charge in [-0.3, -0.25) is 9.59 Å². The summed E-state index contributed by atoms with van der Waals surface area (Å²) in [6.45, 7) is -0.0224. The fraction of sp³-hybridized carbons (Fsp3) is 0.227. The molecule has 3 rings (SSSR count). The summed E-state index contributed by atoms with van der Waals surface area (Å²) < 4.78 is 1.65. The lowest BCUT2D eigenvalue weighted by Gasteiger charge is -2.16. The van der Waals surface area contributed by atoms with Crippen LogP contribution in [0.25, 0.3) is 0 Å². The van der Waals surface area contributed by atoms with E-state index in [2.05, 4.69) is 15.6 Å². The molecule has 7 nitrogen and oxygen atoms in total. The molecule has 1 atom stereocenters. The van der Waals surface area contributed by atoms with Gasteiger partial charge in [0.25, 0.3) is 0 Å². The highest BCUT2D eigenvalue weighted by Gasteiger charge is 2.15. The molecule has 0 aliphatic carbocycles. The van der Waals surface area contributed by atoms with E-state index in [0.29, 0.717) is 23.5 Å². The summed E-state index contributed by atoms with van der Waals surface area (Å²) in [4.78, 5) is 28.9. The van der Waals surface area contributed by atoms with Crippen molar-refractivity contribution in [3.8, 4) is 0 Å². The number of carbonyl (C=O) groups excluding carboxylic acids is 2. The van der Waals surface area contributed by atoms with Crippen molar-refractivity contribution in [2.75, 3.05) is 18.5 Å². The van der Waals surface area contributed by atoms with Crippen molar-refractivity contribution in [1.82, 2.24) is 14.9 Å². The van der Waals surface area contributed by atoms with E-state index in [1.807, 2.05) is 30.3 Å². The summed E-state index contributed by atoms with van der Waals surface area (Å²) in [6, 6.07) is 16.3. The second-order valence-electron chi connectivity index (χ2n) is 6.77. The molecule has 1 amide bonds. The van der Waals surface area contributed by atoms with E-state index < -0.39 is 0 Å². The van der Waals surface area contributed by atoms with Gasteiger partial charge >= 0.3 is 0 Å². The van der Waals surface area contributed by atoms with E-state index in [9.17, 15) is 14.7 Å². The van der Waals surface area contributed by atoms with Crippen LogP contribution < -0.4 is 10.6 Å². The number of ketones is 1. The first kappa shape index (κ1) is 20.4. The number of nitrogens with zero attached hydrogens (tertiary/aromatic N) is 2. The van der Waals surface area contributed by atoms with Crippen molar-refractivity contribution in [3.63, 3.8) is 0 Å². The highest BCUT2D eigenvalue weighted by Crippen LogP contribution is 2.14. The lowest BCUT2D eigenvalue weighted by Crippen LogP contribution is -2.39. The summed E-state index contributed by atoms with van der Waals surface area (Å²) in [6.07, 6.45) is 3.90. The first-order chi connectivity index (χ1) is 14.1. The van der Waals surface area contributed by atoms with Gasteiger partial charge in [-0.05, 0) is 24.1 Å². The van der Waals surface area contributed by atoms with Gasteiger partial charge in [0.05, 0.1) is 13.2 Å². The number of nitrogens with one attached hydrogen (secondary N) is 2. The van der Waals surface area contributed by atoms with Crippen molar-refractivity contribution < 1.29 is 14.7 Å². The van der Waals surface area contributed by atoms with Gasteiger partial charge in [0, 0.05) is 36.7 Å². The summed E-state index contributed by atoms with van der Waals surface area (Å²) in [7, 11) is 1.75. The predicted molar refractivity (Wildman–Crippen MR) is 111 cm³/mol. The number of hydrogen-bond donors (Lipinski definition) is 3. The van der Waals surface area contributed by atoms with Crippen LogP contribution >= 0.6 is 0 Å².